The Morgan fingerprint density at radius 1 is 1.14 bits per heavy atom. The van der Waals surface area contributed by atoms with Gasteiger partial charge in [0.2, 0.25) is 0 Å². The van der Waals surface area contributed by atoms with E-state index in [-0.39, 0.29) is 0 Å². The Kier molecular flexibility index (Phi) is 3.74. The molecule has 0 spiro atoms. The molecule has 0 radical (unpaired) electrons. The Morgan fingerprint density at radius 3 is 2.71 bits per heavy atom. The van der Waals surface area contributed by atoms with Crippen molar-refractivity contribution in [2.45, 2.75) is 57.0 Å². The normalized spacial score (nSPS) is 39.2. The molecule has 0 unspecified atom stereocenters. The second-order valence-corrected chi connectivity index (χ2v) is 7.15. The molecule has 3 heterocycles. The monoisotopic (exact) mass is 286 g/mol. The summed E-state index contributed by atoms with van der Waals surface area (Å²) in [6.07, 6.45) is 4.81. The molecular formula is C18H26N2O. The maximum Gasteiger partial charge on any atom is 0.0733 e. The van der Waals surface area contributed by atoms with E-state index in [0.717, 1.165) is 12.5 Å². The predicted octanol–water partition coefficient (Wildman–Crippen LogP) is 2.42. The number of benzene rings is 1. The van der Waals surface area contributed by atoms with Gasteiger partial charge in [0.05, 0.1) is 12.2 Å². The first-order chi connectivity index (χ1) is 10.3. The molecule has 21 heavy (non-hydrogen) atoms. The number of hydrogen-bond acceptors (Lipinski definition) is 3. The van der Waals surface area contributed by atoms with Crippen molar-refractivity contribution in [2.75, 3.05) is 13.1 Å². The highest BCUT2D eigenvalue weighted by Gasteiger charge is 2.42. The summed E-state index contributed by atoms with van der Waals surface area (Å²) in [6.45, 7) is 5.84. The molecule has 1 aromatic rings. The van der Waals surface area contributed by atoms with Crippen molar-refractivity contribution in [2.24, 2.45) is 5.92 Å². The lowest BCUT2D eigenvalue weighted by Crippen LogP contribution is -2.46. The quantitative estimate of drug-likeness (QED) is 0.920. The van der Waals surface area contributed by atoms with Crippen LogP contribution in [0, 0.1) is 5.92 Å². The standard InChI is InChI=1S/C18H26N2O/c1-13-10-20(11-14-5-3-2-4-6-14)12-17(13)19-16-9-15-7-8-18(16)21-15/h2-6,13,15-19H,7-12H2,1H3/t13-,15-,16+,17+,18-/m1/s1. The maximum absolute atomic E-state index is 5.98. The smallest absolute Gasteiger partial charge is 0.0733 e. The SMILES string of the molecule is C[C@@H]1CN(Cc2ccccc2)C[C@@H]1N[C@H]1C[C@H]2CC[C@H]1O2. The molecule has 114 valence electrons. The number of nitrogens with zero attached hydrogens (tertiary/aromatic N) is 1. The lowest BCUT2D eigenvalue weighted by atomic mass is 9.94. The van der Waals surface area contributed by atoms with E-state index in [2.05, 4.69) is 47.5 Å². The van der Waals surface area contributed by atoms with E-state index in [0.29, 0.717) is 24.3 Å². The molecule has 3 heteroatoms. The van der Waals surface area contributed by atoms with Crippen LogP contribution in [-0.2, 0) is 11.3 Å². The minimum Gasteiger partial charge on any atom is -0.373 e. The molecule has 0 saturated carbocycles. The minimum absolute atomic E-state index is 0.491. The molecule has 0 aromatic heterocycles. The molecule has 5 atom stereocenters. The van der Waals surface area contributed by atoms with Gasteiger partial charge in [0.15, 0.2) is 0 Å². The highest BCUT2D eigenvalue weighted by atomic mass is 16.5. The molecule has 3 aliphatic heterocycles. The molecule has 3 saturated heterocycles. The van der Waals surface area contributed by atoms with Crippen LogP contribution in [-0.4, -0.2) is 42.3 Å². The van der Waals surface area contributed by atoms with E-state index in [4.69, 9.17) is 4.74 Å². The van der Waals surface area contributed by atoms with Gasteiger partial charge in [0.1, 0.15) is 0 Å². The number of fused-ring (bicyclic) bond motifs is 2. The molecular weight excluding hydrogens is 260 g/mol. The Morgan fingerprint density at radius 2 is 2.00 bits per heavy atom. The zero-order valence-corrected chi connectivity index (χ0v) is 12.9. The van der Waals surface area contributed by atoms with Gasteiger partial charge in [-0.15, -0.1) is 0 Å². The third-order valence-electron chi connectivity index (χ3n) is 5.47. The second kappa shape index (κ2) is 5.71. The molecule has 1 N–H and O–H groups in total. The Bertz CT molecular complexity index is 477. The van der Waals surface area contributed by atoms with Gasteiger partial charge in [0.25, 0.3) is 0 Å². The van der Waals surface area contributed by atoms with Crippen LogP contribution >= 0.6 is 0 Å². The molecule has 3 aliphatic rings. The van der Waals surface area contributed by atoms with E-state index < -0.39 is 0 Å². The molecule has 0 aliphatic carbocycles. The van der Waals surface area contributed by atoms with Crippen molar-refractivity contribution in [3.63, 3.8) is 0 Å². The Hall–Kier alpha value is -0.900. The van der Waals surface area contributed by atoms with Gasteiger partial charge in [-0.25, -0.2) is 0 Å². The second-order valence-electron chi connectivity index (χ2n) is 7.15. The largest absolute Gasteiger partial charge is 0.373 e. The summed E-state index contributed by atoms with van der Waals surface area (Å²) in [7, 11) is 0. The van der Waals surface area contributed by atoms with E-state index in [1.54, 1.807) is 0 Å². The molecule has 1 aromatic carbocycles. The van der Waals surface area contributed by atoms with Gasteiger partial charge in [-0.2, -0.15) is 0 Å². The summed E-state index contributed by atoms with van der Waals surface area (Å²) in [5, 5.41) is 3.91. The van der Waals surface area contributed by atoms with Crippen molar-refractivity contribution in [1.82, 2.24) is 10.2 Å². The van der Waals surface area contributed by atoms with E-state index in [1.807, 2.05) is 0 Å². The average Bonchev–Trinajstić information content (AvgIpc) is 3.17. The van der Waals surface area contributed by atoms with Crippen molar-refractivity contribution < 1.29 is 4.74 Å². The van der Waals surface area contributed by atoms with E-state index in [9.17, 15) is 0 Å². The zero-order valence-electron chi connectivity index (χ0n) is 12.9. The number of nitrogens with one attached hydrogen (secondary N) is 1. The Labute approximate surface area is 127 Å². The summed E-state index contributed by atoms with van der Waals surface area (Å²) in [5.41, 5.74) is 1.42. The molecule has 3 nitrogen and oxygen atoms in total. The van der Waals surface area contributed by atoms with Crippen LogP contribution in [0.25, 0.3) is 0 Å². The van der Waals surface area contributed by atoms with Gasteiger partial charge >= 0.3 is 0 Å². The number of likely N-dealkylation sites (tertiary alicyclic amines) is 1. The van der Waals surface area contributed by atoms with Crippen LogP contribution in [0.4, 0.5) is 0 Å². The van der Waals surface area contributed by atoms with Crippen LogP contribution in [0.1, 0.15) is 31.7 Å². The van der Waals surface area contributed by atoms with Gasteiger partial charge in [-0.05, 0) is 30.7 Å². The van der Waals surface area contributed by atoms with Gasteiger partial charge in [-0.3, -0.25) is 4.90 Å². The molecule has 4 rings (SSSR count). The van der Waals surface area contributed by atoms with Crippen LogP contribution in [0.3, 0.4) is 0 Å². The van der Waals surface area contributed by atoms with Gasteiger partial charge in [-0.1, -0.05) is 37.3 Å². The summed E-state index contributed by atoms with van der Waals surface area (Å²) in [4.78, 5) is 2.59. The van der Waals surface area contributed by atoms with Crippen molar-refractivity contribution in [3.05, 3.63) is 35.9 Å². The van der Waals surface area contributed by atoms with Crippen LogP contribution in [0.2, 0.25) is 0 Å². The zero-order chi connectivity index (χ0) is 14.2. The van der Waals surface area contributed by atoms with Crippen LogP contribution in [0.15, 0.2) is 30.3 Å². The first-order valence-electron chi connectivity index (χ1n) is 8.46. The maximum atomic E-state index is 5.98. The summed E-state index contributed by atoms with van der Waals surface area (Å²) in [6, 6.07) is 12.1. The van der Waals surface area contributed by atoms with Crippen molar-refractivity contribution >= 4 is 0 Å². The lowest BCUT2D eigenvalue weighted by Gasteiger charge is -2.26. The Balaban J connectivity index is 1.33. The first-order valence-corrected chi connectivity index (χ1v) is 8.46. The number of rotatable bonds is 4. The number of hydrogen-bond donors (Lipinski definition) is 1. The fourth-order valence-corrected chi connectivity index (χ4v) is 4.34. The number of ether oxygens (including phenoxy) is 1. The summed E-state index contributed by atoms with van der Waals surface area (Å²) in [5.74, 6) is 0.729. The van der Waals surface area contributed by atoms with Gasteiger partial charge in [0, 0.05) is 31.7 Å². The predicted molar refractivity (Wildman–Crippen MR) is 84.1 cm³/mol. The third kappa shape index (κ3) is 2.87. The topological polar surface area (TPSA) is 24.5 Å². The fraction of sp³-hybridized carbons (Fsp3) is 0.667. The van der Waals surface area contributed by atoms with Crippen LogP contribution < -0.4 is 5.32 Å². The third-order valence-corrected chi connectivity index (χ3v) is 5.47. The highest BCUT2D eigenvalue weighted by molar-refractivity contribution is 5.15. The van der Waals surface area contributed by atoms with E-state index in [1.165, 1.54) is 37.9 Å². The fourth-order valence-electron chi connectivity index (χ4n) is 4.34. The van der Waals surface area contributed by atoms with E-state index >= 15 is 0 Å². The van der Waals surface area contributed by atoms with Crippen molar-refractivity contribution in [1.29, 1.82) is 0 Å². The molecule has 3 fully saturated rings. The van der Waals surface area contributed by atoms with Crippen molar-refractivity contribution in [3.8, 4) is 0 Å². The minimum atomic E-state index is 0.491. The highest BCUT2D eigenvalue weighted by Crippen LogP contribution is 2.35. The molecule has 0 amide bonds. The van der Waals surface area contributed by atoms with Crippen LogP contribution in [0.5, 0.6) is 0 Å². The first kappa shape index (κ1) is 13.7. The summed E-state index contributed by atoms with van der Waals surface area (Å²) < 4.78 is 5.98. The average molecular weight is 286 g/mol. The lowest BCUT2D eigenvalue weighted by molar-refractivity contribution is 0.0955. The summed E-state index contributed by atoms with van der Waals surface area (Å²) >= 11 is 0. The van der Waals surface area contributed by atoms with Gasteiger partial charge < -0.3 is 10.1 Å². The molecule has 2 bridgehead atoms.